The van der Waals surface area contributed by atoms with Gasteiger partial charge in [0.15, 0.2) is 0 Å². The zero-order chi connectivity index (χ0) is 16.2. The van der Waals surface area contributed by atoms with Crippen molar-refractivity contribution in [2.24, 2.45) is 0 Å². The highest BCUT2D eigenvalue weighted by Crippen LogP contribution is 2.36. The molecule has 1 heterocycles. The second-order valence-electron chi connectivity index (χ2n) is 4.06. The minimum absolute atomic E-state index is 0.0283. The number of H-pyrrole nitrogens is 1. The van der Waals surface area contributed by atoms with Crippen molar-refractivity contribution >= 4 is 23.6 Å². The van der Waals surface area contributed by atoms with Crippen LogP contribution in [0, 0.1) is 0 Å². The minimum atomic E-state index is -4.38. The summed E-state index contributed by atoms with van der Waals surface area (Å²) < 4.78 is 36.5. The third kappa shape index (κ3) is 4.55. The summed E-state index contributed by atoms with van der Waals surface area (Å²) in [5.41, 5.74) is 0.352. The van der Waals surface area contributed by atoms with Gasteiger partial charge in [-0.1, -0.05) is 0 Å². The molecule has 0 spiro atoms. The second-order valence-corrected chi connectivity index (χ2v) is 5.20. The maximum absolute atomic E-state index is 12.2. The first kappa shape index (κ1) is 16.0. The van der Waals surface area contributed by atoms with Crippen molar-refractivity contribution in [1.29, 1.82) is 0 Å². The van der Waals surface area contributed by atoms with Crippen LogP contribution >= 0.6 is 11.8 Å². The van der Waals surface area contributed by atoms with Crippen molar-refractivity contribution in [3.8, 4) is 0 Å². The molecule has 0 unspecified atom stereocenters. The van der Waals surface area contributed by atoms with Crippen molar-refractivity contribution < 1.29 is 22.8 Å². The Kier molecular flexibility index (Phi) is 4.76. The molecule has 0 radical (unpaired) electrons. The maximum Gasteiger partial charge on any atom is 0.446 e. The molecule has 0 bridgehead atoms. The summed E-state index contributed by atoms with van der Waals surface area (Å²) in [6.07, 6.45) is 1.55. The smallest absolute Gasteiger partial charge is 0.357 e. The van der Waals surface area contributed by atoms with E-state index in [-0.39, 0.29) is 27.9 Å². The van der Waals surface area contributed by atoms with Crippen LogP contribution in [0.15, 0.2) is 47.5 Å². The molecule has 22 heavy (non-hydrogen) atoms. The molecular formula is C13H10F3N3O2S. The highest BCUT2D eigenvalue weighted by Gasteiger charge is 2.29. The van der Waals surface area contributed by atoms with Gasteiger partial charge in [-0.3, -0.25) is 20.4 Å². The maximum atomic E-state index is 12.2. The number of hydrogen-bond donors (Lipinski definition) is 3. The Morgan fingerprint density at radius 1 is 1.00 bits per heavy atom. The number of amides is 2. The second kappa shape index (κ2) is 6.56. The molecule has 2 amide bonds. The lowest BCUT2D eigenvalue weighted by atomic mass is 10.2. The van der Waals surface area contributed by atoms with Crippen LogP contribution < -0.4 is 10.9 Å². The van der Waals surface area contributed by atoms with Crippen LogP contribution in [0.3, 0.4) is 0 Å². The lowest BCUT2D eigenvalue weighted by Crippen LogP contribution is -2.41. The summed E-state index contributed by atoms with van der Waals surface area (Å²) in [5.74, 6) is -1.17. The summed E-state index contributed by atoms with van der Waals surface area (Å²) in [5, 5.41) is 0. The molecule has 2 rings (SSSR count). The van der Waals surface area contributed by atoms with E-state index in [1.807, 2.05) is 0 Å². The van der Waals surface area contributed by atoms with Crippen LogP contribution in [0.4, 0.5) is 13.2 Å². The molecule has 2 aromatic rings. The van der Waals surface area contributed by atoms with Crippen molar-refractivity contribution in [2.75, 3.05) is 0 Å². The van der Waals surface area contributed by atoms with E-state index >= 15 is 0 Å². The Bertz CT molecular complexity index is 654. The number of carbonyl (C=O) groups excluding carboxylic acids is 2. The Morgan fingerprint density at radius 2 is 1.64 bits per heavy atom. The number of benzene rings is 1. The summed E-state index contributed by atoms with van der Waals surface area (Å²) in [7, 11) is 0. The van der Waals surface area contributed by atoms with Crippen LogP contribution in [-0.4, -0.2) is 22.3 Å². The van der Waals surface area contributed by atoms with Crippen LogP contribution in [0.25, 0.3) is 0 Å². The van der Waals surface area contributed by atoms with Gasteiger partial charge in [0.1, 0.15) is 5.69 Å². The van der Waals surface area contributed by atoms with Crippen molar-refractivity contribution in [3.63, 3.8) is 0 Å². The number of aromatic amines is 1. The Labute approximate surface area is 127 Å². The fourth-order valence-electron chi connectivity index (χ4n) is 1.53. The molecule has 0 aliphatic rings. The van der Waals surface area contributed by atoms with Gasteiger partial charge in [-0.05, 0) is 48.2 Å². The zero-order valence-corrected chi connectivity index (χ0v) is 11.7. The Hall–Kier alpha value is -2.42. The molecule has 0 saturated carbocycles. The number of hydrogen-bond acceptors (Lipinski definition) is 3. The standard InChI is InChI=1S/C13H10F3N3O2S/c14-13(15,16)22-9-5-3-8(4-6-9)11(20)18-19-12(21)10-2-1-7-17-10/h1-7,17H,(H,18,20)(H,19,21). The molecule has 5 nitrogen and oxygen atoms in total. The summed E-state index contributed by atoms with van der Waals surface area (Å²) in [4.78, 5) is 25.9. The topological polar surface area (TPSA) is 74.0 Å². The van der Waals surface area contributed by atoms with Crippen molar-refractivity contribution in [1.82, 2.24) is 15.8 Å². The number of rotatable bonds is 3. The lowest BCUT2D eigenvalue weighted by Gasteiger charge is -2.08. The van der Waals surface area contributed by atoms with Gasteiger partial charge in [0.2, 0.25) is 0 Å². The summed E-state index contributed by atoms with van der Waals surface area (Å²) in [6, 6.07) is 7.98. The number of halogens is 3. The number of hydrazine groups is 1. The monoisotopic (exact) mass is 329 g/mol. The van der Waals surface area contributed by atoms with Crippen molar-refractivity contribution in [2.45, 2.75) is 10.4 Å². The fourth-order valence-corrected chi connectivity index (χ4v) is 2.07. The van der Waals surface area contributed by atoms with E-state index < -0.39 is 17.3 Å². The molecule has 0 atom stereocenters. The van der Waals surface area contributed by atoms with E-state index in [0.29, 0.717) is 0 Å². The molecule has 116 valence electrons. The zero-order valence-electron chi connectivity index (χ0n) is 10.9. The number of aromatic nitrogens is 1. The average Bonchev–Trinajstić information content (AvgIpc) is 2.97. The van der Waals surface area contributed by atoms with Gasteiger partial charge in [-0.2, -0.15) is 13.2 Å². The highest BCUT2D eigenvalue weighted by atomic mass is 32.2. The number of nitrogens with one attached hydrogen (secondary N) is 3. The van der Waals surface area contributed by atoms with Crippen LogP contribution in [0.5, 0.6) is 0 Å². The fraction of sp³-hybridized carbons (Fsp3) is 0.0769. The predicted octanol–water partition coefficient (Wildman–Crippen LogP) is 2.70. The molecule has 0 aliphatic heterocycles. The summed E-state index contributed by atoms with van der Waals surface area (Å²) in [6.45, 7) is 0. The van der Waals surface area contributed by atoms with Gasteiger partial charge in [-0.25, -0.2) is 0 Å². The molecule has 0 aliphatic carbocycles. The van der Waals surface area contributed by atoms with E-state index in [9.17, 15) is 22.8 Å². The number of alkyl halides is 3. The van der Waals surface area contributed by atoms with E-state index in [4.69, 9.17) is 0 Å². The predicted molar refractivity (Wildman–Crippen MR) is 74.1 cm³/mol. The first-order valence-corrected chi connectivity index (χ1v) is 6.77. The minimum Gasteiger partial charge on any atom is -0.357 e. The van der Waals surface area contributed by atoms with Crippen LogP contribution in [0.1, 0.15) is 20.8 Å². The largest absolute Gasteiger partial charge is 0.446 e. The molecule has 0 saturated heterocycles. The molecule has 0 fully saturated rings. The van der Waals surface area contributed by atoms with Crippen molar-refractivity contribution in [3.05, 3.63) is 53.9 Å². The van der Waals surface area contributed by atoms with E-state index in [2.05, 4.69) is 15.8 Å². The van der Waals surface area contributed by atoms with E-state index in [1.54, 1.807) is 12.3 Å². The van der Waals surface area contributed by atoms with Gasteiger partial charge in [0.05, 0.1) is 0 Å². The number of carbonyl (C=O) groups is 2. The van der Waals surface area contributed by atoms with E-state index in [0.717, 1.165) is 0 Å². The third-order valence-corrected chi connectivity index (χ3v) is 3.22. The van der Waals surface area contributed by atoms with Crippen LogP contribution in [0.2, 0.25) is 0 Å². The SMILES string of the molecule is O=C(NNC(=O)c1ccc[nH]1)c1ccc(SC(F)(F)F)cc1. The van der Waals surface area contributed by atoms with Gasteiger partial charge in [0.25, 0.3) is 11.8 Å². The Morgan fingerprint density at radius 3 is 2.18 bits per heavy atom. The average molecular weight is 329 g/mol. The first-order chi connectivity index (χ1) is 10.3. The normalized spacial score (nSPS) is 11.0. The molecular weight excluding hydrogens is 319 g/mol. The lowest BCUT2D eigenvalue weighted by molar-refractivity contribution is -0.0328. The molecule has 9 heteroatoms. The van der Waals surface area contributed by atoms with Gasteiger partial charge in [-0.15, -0.1) is 0 Å². The summed E-state index contributed by atoms with van der Waals surface area (Å²) >= 11 is -0.268. The van der Waals surface area contributed by atoms with Gasteiger partial charge in [0, 0.05) is 16.7 Å². The first-order valence-electron chi connectivity index (χ1n) is 5.95. The van der Waals surface area contributed by atoms with E-state index in [1.165, 1.54) is 30.3 Å². The quantitative estimate of drug-likeness (QED) is 0.599. The molecule has 1 aromatic carbocycles. The Balaban J connectivity index is 1.91. The van der Waals surface area contributed by atoms with Gasteiger partial charge >= 0.3 is 5.51 Å². The van der Waals surface area contributed by atoms with Gasteiger partial charge < -0.3 is 4.98 Å². The number of thioether (sulfide) groups is 1. The third-order valence-electron chi connectivity index (χ3n) is 2.48. The molecule has 1 aromatic heterocycles. The highest BCUT2D eigenvalue weighted by molar-refractivity contribution is 8.00. The van der Waals surface area contributed by atoms with Crippen LogP contribution in [-0.2, 0) is 0 Å². The molecule has 3 N–H and O–H groups in total.